The fourth-order valence-corrected chi connectivity index (χ4v) is 3.07. The molecule has 0 saturated carbocycles. The topological polar surface area (TPSA) is 57.0 Å². The van der Waals surface area contributed by atoms with Gasteiger partial charge in [0.05, 0.1) is 5.69 Å². The summed E-state index contributed by atoms with van der Waals surface area (Å²) < 4.78 is 6.37. The van der Waals surface area contributed by atoms with E-state index in [1.54, 1.807) is 0 Å². The lowest BCUT2D eigenvalue weighted by Gasteiger charge is -2.12. The Morgan fingerprint density at radius 2 is 2.09 bits per heavy atom. The first-order valence-electron chi connectivity index (χ1n) is 6.99. The van der Waals surface area contributed by atoms with Crippen molar-refractivity contribution in [3.8, 4) is 0 Å². The number of hydrogen-bond acceptors (Lipinski definition) is 6. The van der Waals surface area contributed by atoms with Crippen molar-refractivity contribution >= 4 is 28.0 Å². The highest BCUT2D eigenvalue weighted by atomic mass is 32.1. The van der Waals surface area contributed by atoms with Gasteiger partial charge in [0.15, 0.2) is 18.9 Å². The highest BCUT2D eigenvalue weighted by Gasteiger charge is 2.25. The molecule has 1 aromatic carbocycles. The van der Waals surface area contributed by atoms with Gasteiger partial charge in [-0.15, -0.1) is 5.53 Å². The molecule has 0 aliphatic carbocycles. The molecule has 6 nitrogen and oxygen atoms in total. The molecule has 0 radical (unpaired) electrons. The third-order valence-corrected chi connectivity index (χ3v) is 4.25. The van der Waals surface area contributed by atoms with E-state index in [0.717, 1.165) is 28.9 Å². The van der Waals surface area contributed by atoms with Gasteiger partial charge >= 0.3 is 0 Å². The van der Waals surface area contributed by atoms with Crippen molar-refractivity contribution < 1.29 is 4.57 Å². The number of fused-ring (bicyclic) bond motifs is 1. The molecular formula is C15H15N6S+. The number of aromatic nitrogens is 3. The first-order chi connectivity index (χ1) is 10.8. The zero-order valence-electron chi connectivity index (χ0n) is 12.0. The van der Waals surface area contributed by atoms with Crippen LogP contribution in [-0.4, -0.2) is 9.36 Å². The van der Waals surface area contributed by atoms with Crippen LogP contribution in [0.4, 0.5) is 16.5 Å². The van der Waals surface area contributed by atoms with Gasteiger partial charge in [0.1, 0.15) is 11.5 Å². The van der Waals surface area contributed by atoms with E-state index in [1.165, 1.54) is 17.1 Å². The Hall–Kier alpha value is -2.51. The van der Waals surface area contributed by atoms with E-state index in [1.807, 2.05) is 18.0 Å². The second-order valence-corrected chi connectivity index (χ2v) is 5.83. The number of anilines is 3. The minimum Gasteiger partial charge on any atom is -0.296 e. The van der Waals surface area contributed by atoms with Crippen LogP contribution in [0.1, 0.15) is 11.4 Å². The Labute approximate surface area is 132 Å². The standard InChI is InChI=1S/C15H15N6S/c1-11-16-15(22-18-11)21-14-7-8-20(10-13(14)17-19-21)9-12-5-3-2-4-6-12/h2-8,10,17,19H,9H2,1H3/q+1. The Morgan fingerprint density at radius 1 is 1.23 bits per heavy atom. The predicted molar refractivity (Wildman–Crippen MR) is 85.7 cm³/mol. The Bertz CT molecular complexity index is 801. The van der Waals surface area contributed by atoms with Gasteiger partial charge < -0.3 is 0 Å². The molecule has 7 heteroatoms. The van der Waals surface area contributed by atoms with E-state index >= 15 is 0 Å². The summed E-state index contributed by atoms with van der Waals surface area (Å²) in [6.45, 7) is 2.73. The number of pyridine rings is 1. The minimum absolute atomic E-state index is 0.783. The normalized spacial score (nSPS) is 13.0. The highest BCUT2D eigenvalue weighted by Crippen LogP contribution is 2.33. The van der Waals surface area contributed by atoms with E-state index in [4.69, 9.17) is 0 Å². The molecule has 3 aromatic rings. The van der Waals surface area contributed by atoms with Crippen LogP contribution in [-0.2, 0) is 6.54 Å². The number of rotatable bonds is 3. The quantitative estimate of drug-likeness (QED) is 0.726. The minimum atomic E-state index is 0.783. The lowest BCUT2D eigenvalue weighted by atomic mass is 10.2. The Kier molecular flexibility index (Phi) is 3.21. The van der Waals surface area contributed by atoms with Crippen LogP contribution < -0.4 is 20.5 Å². The third kappa shape index (κ3) is 2.40. The average molecular weight is 311 g/mol. The van der Waals surface area contributed by atoms with Crippen molar-refractivity contribution in [2.24, 2.45) is 0 Å². The van der Waals surface area contributed by atoms with Gasteiger partial charge in [0.2, 0.25) is 5.13 Å². The summed E-state index contributed by atoms with van der Waals surface area (Å²) in [5.41, 5.74) is 9.63. The summed E-state index contributed by atoms with van der Waals surface area (Å²) >= 11 is 1.37. The third-order valence-electron chi connectivity index (χ3n) is 3.45. The van der Waals surface area contributed by atoms with Crippen molar-refractivity contribution in [2.75, 3.05) is 10.4 Å². The smallest absolute Gasteiger partial charge is 0.226 e. The Balaban J connectivity index is 1.61. The number of benzene rings is 1. The molecule has 0 unspecified atom stereocenters. The SMILES string of the molecule is Cc1nsc(N2NNc3c[n+](Cc4ccccc4)ccc32)n1. The second kappa shape index (κ2) is 5.36. The predicted octanol–water partition coefficient (Wildman–Crippen LogP) is 2.17. The lowest BCUT2D eigenvalue weighted by molar-refractivity contribution is -0.687. The van der Waals surface area contributed by atoms with Gasteiger partial charge in [-0.05, 0) is 6.92 Å². The average Bonchev–Trinajstić information content (AvgIpc) is 3.14. The maximum atomic E-state index is 4.41. The van der Waals surface area contributed by atoms with E-state index < -0.39 is 0 Å². The number of aryl methyl sites for hydroxylation is 1. The molecule has 0 atom stereocenters. The summed E-state index contributed by atoms with van der Waals surface area (Å²) in [6.07, 6.45) is 4.16. The van der Waals surface area contributed by atoms with Gasteiger partial charge in [-0.2, -0.15) is 8.94 Å². The lowest BCUT2D eigenvalue weighted by Crippen LogP contribution is -2.33. The van der Waals surface area contributed by atoms with Crippen LogP contribution >= 0.6 is 11.5 Å². The number of hydrazine groups is 2. The molecule has 0 bridgehead atoms. The van der Waals surface area contributed by atoms with Crippen molar-refractivity contribution in [1.82, 2.24) is 14.9 Å². The number of nitrogens with zero attached hydrogens (tertiary/aromatic N) is 4. The molecule has 4 rings (SSSR count). The van der Waals surface area contributed by atoms with Gasteiger partial charge in [0, 0.05) is 23.2 Å². The number of hydrogen-bond donors (Lipinski definition) is 2. The monoisotopic (exact) mass is 311 g/mol. The van der Waals surface area contributed by atoms with Gasteiger partial charge in [-0.1, -0.05) is 30.3 Å². The zero-order chi connectivity index (χ0) is 14.9. The first-order valence-corrected chi connectivity index (χ1v) is 7.76. The fraction of sp³-hybridized carbons (Fsp3) is 0.133. The van der Waals surface area contributed by atoms with Crippen LogP contribution in [0.15, 0.2) is 48.8 Å². The summed E-state index contributed by atoms with van der Waals surface area (Å²) in [5, 5.41) is 2.73. The molecule has 0 fully saturated rings. The maximum Gasteiger partial charge on any atom is 0.226 e. The van der Waals surface area contributed by atoms with Crippen LogP contribution in [0.3, 0.4) is 0 Å². The van der Waals surface area contributed by atoms with Crippen molar-refractivity contribution in [3.63, 3.8) is 0 Å². The summed E-state index contributed by atoms with van der Waals surface area (Å²) in [4.78, 5) is 4.41. The summed E-state index contributed by atoms with van der Waals surface area (Å²) in [7, 11) is 0. The van der Waals surface area contributed by atoms with Crippen LogP contribution in [0.25, 0.3) is 0 Å². The summed E-state index contributed by atoms with van der Waals surface area (Å²) in [5.74, 6) is 0.783. The van der Waals surface area contributed by atoms with E-state index in [0.29, 0.717) is 0 Å². The Morgan fingerprint density at radius 3 is 2.86 bits per heavy atom. The van der Waals surface area contributed by atoms with Gasteiger partial charge in [-0.25, -0.2) is 9.99 Å². The van der Waals surface area contributed by atoms with E-state index in [2.05, 4.69) is 67.6 Å². The molecule has 22 heavy (non-hydrogen) atoms. The zero-order valence-corrected chi connectivity index (χ0v) is 12.8. The highest BCUT2D eigenvalue weighted by molar-refractivity contribution is 7.09. The summed E-state index contributed by atoms with van der Waals surface area (Å²) in [6, 6.07) is 12.5. The molecule has 0 amide bonds. The maximum absolute atomic E-state index is 4.41. The molecule has 1 aliphatic heterocycles. The number of nitrogens with one attached hydrogen (secondary N) is 2. The van der Waals surface area contributed by atoms with Crippen molar-refractivity contribution in [3.05, 3.63) is 60.2 Å². The van der Waals surface area contributed by atoms with Crippen LogP contribution in [0.5, 0.6) is 0 Å². The molecular weight excluding hydrogens is 296 g/mol. The fourth-order valence-electron chi connectivity index (χ4n) is 2.42. The molecule has 3 heterocycles. The molecule has 2 N–H and O–H groups in total. The van der Waals surface area contributed by atoms with Crippen molar-refractivity contribution in [1.29, 1.82) is 0 Å². The molecule has 0 saturated heterocycles. The first kappa shape index (κ1) is 13.2. The van der Waals surface area contributed by atoms with Crippen LogP contribution in [0.2, 0.25) is 0 Å². The molecule has 0 spiro atoms. The molecule has 2 aromatic heterocycles. The van der Waals surface area contributed by atoms with Gasteiger partial charge in [0.25, 0.3) is 0 Å². The second-order valence-electron chi connectivity index (χ2n) is 5.10. The van der Waals surface area contributed by atoms with E-state index in [-0.39, 0.29) is 0 Å². The molecule has 110 valence electrons. The van der Waals surface area contributed by atoms with Crippen molar-refractivity contribution in [2.45, 2.75) is 13.5 Å². The largest absolute Gasteiger partial charge is 0.296 e. The van der Waals surface area contributed by atoms with Crippen LogP contribution in [0, 0.1) is 6.92 Å². The molecule has 1 aliphatic rings. The van der Waals surface area contributed by atoms with Gasteiger partial charge in [-0.3, -0.25) is 5.43 Å². The van der Waals surface area contributed by atoms with E-state index in [9.17, 15) is 0 Å².